The average Bonchev–Trinajstić information content (AvgIpc) is 3.58. The summed E-state index contributed by atoms with van der Waals surface area (Å²) in [5.74, 6) is 0.792. The summed E-state index contributed by atoms with van der Waals surface area (Å²) in [7, 11) is 3.98. The van der Waals surface area contributed by atoms with Gasteiger partial charge in [-0.3, -0.25) is 14.5 Å². The molecule has 170 valence electrons. The molecule has 7 heteroatoms. The van der Waals surface area contributed by atoms with E-state index in [1.54, 1.807) is 30.6 Å². The lowest BCUT2D eigenvalue weighted by molar-refractivity contribution is -0.130. The molecule has 2 aromatic heterocycles. The molecule has 0 spiro atoms. The van der Waals surface area contributed by atoms with Crippen molar-refractivity contribution >= 4 is 5.91 Å². The van der Waals surface area contributed by atoms with Crippen LogP contribution in [0.25, 0.3) is 22.4 Å². The number of carbonyl (C=O) groups is 1. The maximum absolute atomic E-state index is 13.2. The first kappa shape index (κ1) is 21.4. The minimum absolute atomic E-state index is 0.0563. The van der Waals surface area contributed by atoms with Gasteiger partial charge in [-0.1, -0.05) is 18.2 Å². The standard InChI is InChI=1S/C26H29N5O2/c1-29(2)14-4-7-24(33)30-16-23-25(19-10-12-27-13-11-19)26(20-5-3-6-21(32)15-20)28-31(23)17-22(30)18-8-9-18/h3-7,10-13,15,18,22,32H,8-9,14,16-17H2,1-2H3/b7-4+/t22-/m1/s1. The number of rotatable bonds is 6. The molecule has 1 atom stereocenters. The fourth-order valence-corrected chi connectivity index (χ4v) is 4.63. The number of benzene rings is 1. The van der Waals surface area contributed by atoms with Gasteiger partial charge in [-0.25, -0.2) is 0 Å². The van der Waals surface area contributed by atoms with Crippen molar-refractivity contribution in [3.63, 3.8) is 0 Å². The predicted molar refractivity (Wildman–Crippen MR) is 127 cm³/mol. The normalized spacial score (nSPS) is 18.2. The second kappa shape index (κ2) is 8.83. The molecule has 5 rings (SSSR count). The Morgan fingerprint density at radius 1 is 1.18 bits per heavy atom. The summed E-state index contributed by atoms with van der Waals surface area (Å²) in [5, 5.41) is 15.1. The van der Waals surface area contributed by atoms with Gasteiger partial charge in [-0.15, -0.1) is 0 Å². The van der Waals surface area contributed by atoms with Crippen molar-refractivity contribution in [3.05, 3.63) is 66.6 Å². The van der Waals surface area contributed by atoms with Crippen molar-refractivity contribution in [2.75, 3.05) is 20.6 Å². The molecule has 0 unspecified atom stereocenters. The van der Waals surface area contributed by atoms with Gasteiger partial charge < -0.3 is 14.9 Å². The third-order valence-electron chi connectivity index (χ3n) is 6.41. The van der Waals surface area contributed by atoms with E-state index in [-0.39, 0.29) is 17.7 Å². The third kappa shape index (κ3) is 4.41. The number of aromatic nitrogens is 3. The number of carbonyl (C=O) groups excluding carboxylic acids is 1. The molecule has 0 saturated heterocycles. The molecule has 33 heavy (non-hydrogen) atoms. The number of phenolic OH excluding ortho intramolecular Hbond substituents is 1. The molecule has 3 heterocycles. The molecule has 2 aliphatic rings. The highest BCUT2D eigenvalue weighted by molar-refractivity contribution is 5.89. The van der Waals surface area contributed by atoms with Gasteiger partial charge in [0.05, 0.1) is 24.8 Å². The first-order valence-corrected chi connectivity index (χ1v) is 11.4. The zero-order valence-corrected chi connectivity index (χ0v) is 19.1. The van der Waals surface area contributed by atoms with Crippen LogP contribution in [0.15, 0.2) is 60.9 Å². The van der Waals surface area contributed by atoms with E-state index in [0.29, 0.717) is 19.0 Å². The monoisotopic (exact) mass is 443 g/mol. The number of aromatic hydroxyl groups is 1. The van der Waals surface area contributed by atoms with E-state index in [2.05, 4.69) is 9.67 Å². The van der Waals surface area contributed by atoms with Gasteiger partial charge in [0.15, 0.2) is 0 Å². The average molecular weight is 444 g/mol. The quantitative estimate of drug-likeness (QED) is 0.590. The number of fused-ring (bicyclic) bond motifs is 1. The minimum atomic E-state index is 0.0563. The van der Waals surface area contributed by atoms with E-state index in [1.807, 2.05) is 54.2 Å². The number of phenols is 1. The van der Waals surface area contributed by atoms with Gasteiger partial charge >= 0.3 is 0 Å². The summed E-state index contributed by atoms with van der Waals surface area (Å²) in [6, 6.07) is 11.3. The maximum Gasteiger partial charge on any atom is 0.246 e. The summed E-state index contributed by atoms with van der Waals surface area (Å²) < 4.78 is 2.07. The van der Waals surface area contributed by atoms with E-state index in [9.17, 15) is 9.90 Å². The largest absolute Gasteiger partial charge is 0.508 e. The molecular formula is C26H29N5O2. The van der Waals surface area contributed by atoms with Gasteiger partial charge in [0.2, 0.25) is 5.91 Å². The number of amides is 1. The molecule has 7 nitrogen and oxygen atoms in total. The minimum Gasteiger partial charge on any atom is -0.508 e. The number of likely N-dealkylation sites (N-methyl/N-ethyl adjacent to an activating group) is 1. The molecule has 1 saturated carbocycles. The van der Waals surface area contributed by atoms with Crippen LogP contribution in [-0.2, 0) is 17.9 Å². The first-order valence-electron chi connectivity index (χ1n) is 11.4. The van der Waals surface area contributed by atoms with Gasteiger partial charge in [0.1, 0.15) is 11.4 Å². The highest BCUT2D eigenvalue weighted by atomic mass is 16.3. The molecule has 1 aromatic carbocycles. The summed E-state index contributed by atoms with van der Waals surface area (Å²) in [4.78, 5) is 21.5. The van der Waals surface area contributed by atoms with Crippen molar-refractivity contribution in [1.82, 2.24) is 24.6 Å². The molecule has 1 N–H and O–H groups in total. The molecule has 1 amide bonds. The Labute approximate surface area is 194 Å². The fraction of sp³-hybridized carbons (Fsp3) is 0.346. The van der Waals surface area contributed by atoms with Crippen molar-refractivity contribution in [2.45, 2.75) is 32.0 Å². The number of hydrogen-bond donors (Lipinski definition) is 1. The van der Waals surface area contributed by atoms with Crippen LogP contribution in [0.4, 0.5) is 0 Å². The van der Waals surface area contributed by atoms with E-state index < -0.39 is 0 Å². The predicted octanol–water partition coefficient (Wildman–Crippen LogP) is 3.56. The summed E-state index contributed by atoms with van der Waals surface area (Å²) in [6.07, 6.45) is 9.50. The Morgan fingerprint density at radius 3 is 2.67 bits per heavy atom. The van der Waals surface area contributed by atoms with Crippen molar-refractivity contribution in [1.29, 1.82) is 0 Å². The maximum atomic E-state index is 13.2. The Kier molecular flexibility index (Phi) is 5.72. The van der Waals surface area contributed by atoms with Crippen LogP contribution >= 0.6 is 0 Å². The second-order valence-electron chi connectivity index (χ2n) is 9.17. The highest BCUT2D eigenvalue weighted by Gasteiger charge is 2.41. The number of pyridine rings is 1. The first-order chi connectivity index (χ1) is 16.0. The van der Waals surface area contributed by atoms with Crippen LogP contribution in [0.1, 0.15) is 18.5 Å². The van der Waals surface area contributed by atoms with E-state index in [4.69, 9.17) is 5.10 Å². The van der Waals surface area contributed by atoms with E-state index >= 15 is 0 Å². The Balaban J connectivity index is 1.58. The van der Waals surface area contributed by atoms with Crippen LogP contribution in [0, 0.1) is 5.92 Å². The van der Waals surface area contributed by atoms with E-state index in [1.165, 1.54) is 0 Å². The molecule has 0 radical (unpaired) electrons. The SMILES string of the molecule is CN(C)C/C=C/C(=O)N1Cc2c(-c3ccncc3)c(-c3cccc(O)c3)nn2C[C@@H]1C1CC1. The summed E-state index contributed by atoms with van der Waals surface area (Å²) >= 11 is 0. The van der Waals surface area contributed by atoms with Crippen LogP contribution in [0.3, 0.4) is 0 Å². The zero-order valence-electron chi connectivity index (χ0n) is 19.1. The molecule has 3 aromatic rings. The molecule has 1 fully saturated rings. The van der Waals surface area contributed by atoms with Crippen molar-refractivity contribution in [3.8, 4) is 28.1 Å². The van der Waals surface area contributed by atoms with Gasteiger partial charge in [-0.05, 0) is 62.7 Å². The van der Waals surface area contributed by atoms with Crippen LogP contribution in [0.2, 0.25) is 0 Å². The van der Waals surface area contributed by atoms with E-state index in [0.717, 1.165) is 47.5 Å². The summed E-state index contributed by atoms with van der Waals surface area (Å²) in [6.45, 7) is 1.93. The lowest BCUT2D eigenvalue weighted by atomic mass is 9.97. The van der Waals surface area contributed by atoms with Crippen molar-refractivity contribution < 1.29 is 9.90 Å². The van der Waals surface area contributed by atoms with Gasteiger partial charge in [0, 0.05) is 36.1 Å². The fourth-order valence-electron chi connectivity index (χ4n) is 4.63. The molecule has 1 aliphatic heterocycles. The number of nitrogens with zero attached hydrogens (tertiary/aromatic N) is 5. The highest BCUT2D eigenvalue weighted by Crippen LogP contribution is 2.42. The Morgan fingerprint density at radius 2 is 1.97 bits per heavy atom. The van der Waals surface area contributed by atoms with Crippen LogP contribution in [-0.4, -0.2) is 62.3 Å². The second-order valence-corrected chi connectivity index (χ2v) is 9.17. The smallest absolute Gasteiger partial charge is 0.246 e. The Bertz CT molecular complexity index is 1180. The third-order valence-corrected chi connectivity index (χ3v) is 6.41. The zero-order chi connectivity index (χ0) is 22.9. The van der Waals surface area contributed by atoms with Crippen molar-refractivity contribution in [2.24, 2.45) is 5.92 Å². The van der Waals surface area contributed by atoms with Gasteiger partial charge in [-0.2, -0.15) is 5.10 Å². The lowest BCUT2D eigenvalue weighted by Gasteiger charge is -2.36. The molecule has 1 aliphatic carbocycles. The molecule has 0 bridgehead atoms. The Hall–Kier alpha value is -3.45. The molecular weight excluding hydrogens is 414 g/mol. The lowest BCUT2D eigenvalue weighted by Crippen LogP contribution is -2.47. The number of hydrogen-bond acceptors (Lipinski definition) is 5. The summed E-state index contributed by atoms with van der Waals surface area (Å²) in [5.41, 5.74) is 4.69. The van der Waals surface area contributed by atoms with Crippen LogP contribution in [0.5, 0.6) is 5.75 Å². The van der Waals surface area contributed by atoms with Crippen LogP contribution < -0.4 is 0 Å². The van der Waals surface area contributed by atoms with Gasteiger partial charge in [0.25, 0.3) is 0 Å². The topological polar surface area (TPSA) is 74.5 Å².